The molecule has 0 aromatic carbocycles. The molecular weight excluding hydrogens is 234 g/mol. The Hall–Kier alpha value is -1.10. The maximum atomic E-state index is 11.9. The van der Waals surface area contributed by atoms with E-state index in [1.54, 1.807) is 4.90 Å². The third kappa shape index (κ3) is 5.04. The minimum Gasteiger partial charge on any atom is -0.481 e. The molecule has 0 aromatic rings. The van der Waals surface area contributed by atoms with E-state index in [4.69, 9.17) is 9.84 Å². The van der Waals surface area contributed by atoms with E-state index < -0.39 is 5.97 Å². The Labute approximate surface area is 108 Å². The molecule has 1 aliphatic rings. The molecule has 1 amide bonds. The number of rotatable bonds is 7. The topological polar surface area (TPSA) is 66.8 Å². The second-order valence-corrected chi connectivity index (χ2v) is 4.80. The smallest absolute Gasteiger partial charge is 0.305 e. The van der Waals surface area contributed by atoms with Crippen LogP contribution in [0.4, 0.5) is 0 Å². The number of amides is 1. The van der Waals surface area contributed by atoms with Crippen molar-refractivity contribution in [1.82, 2.24) is 4.90 Å². The van der Waals surface area contributed by atoms with Crippen LogP contribution in [-0.2, 0) is 14.3 Å². The summed E-state index contributed by atoms with van der Waals surface area (Å²) < 4.78 is 5.66. The molecule has 104 valence electrons. The van der Waals surface area contributed by atoms with Gasteiger partial charge in [0.25, 0.3) is 0 Å². The van der Waals surface area contributed by atoms with Gasteiger partial charge in [-0.2, -0.15) is 0 Å². The van der Waals surface area contributed by atoms with Gasteiger partial charge in [0.05, 0.1) is 18.6 Å². The minimum atomic E-state index is -0.866. The third-order valence-corrected chi connectivity index (χ3v) is 3.33. The van der Waals surface area contributed by atoms with Crippen molar-refractivity contribution < 1.29 is 19.4 Å². The highest BCUT2D eigenvalue weighted by Crippen LogP contribution is 2.22. The first kappa shape index (κ1) is 15.0. The first-order chi connectivity index (χ1) is 8.52. The maximum absolute atomic E-state index is 11.9. The van der Waals surface area contributed by atoms with Crippen LogP contribution in [0, 0.1) is 0 Å². The summed E-state index contributed by atoms with van der Waals surface area (Å²) in [7, 11) is 0. The second kappa shape index (κ2) is 7.36. The van der Waals surface area contributed by atoms with Gasteiger partial charge in [0.1, 0.15) is 0 Å². The van der Waals surface area contributed by atoms with E-state index in [1.165, 1.54) is 0 Å². The van der Waals surface area contributed by atoms with Crippen LogP contribution < -0.4 is 0 Å². The molecule has 1 saturated heterocycles. The molecule has 0 saturated carbocycles. The van der Waals surface area contributed by atoms with Gasteiger partial charge in [-0.15, -0.1) is 0 Å². The number of carbonyl (C=O) groups is 2. The predicted octanol–water partition coefficient (Wildman–Crippen LogP) is 1.66. The Bertz CT molecular complexity index is 293. The average molecular weight is 257 g/mol. The number of carboxylic acid groups (broad SMARTS) is 1. The molecule has 0 aliphatic carbocycles. The fourth-order valence-corrected chi connectivity index (χ4v) is 2.23. The number of carboxylic acids is 1. The van der Waals surface area contributed by atoms with Crippen LogP contribution in [0.25, 0.3) is 0 Å². The fraction of sp³-hybridized carbons (Fsp3) is 0.846. The highest BCUT2D eigenvalue weighted by Gasteiger charge is 2.23. The molecule has 18 heavy (non-hydrogen) atoms. The molecule has 5 nitrogen and oxygen atoms in total. The van der Waals surface area contributed by atoms with Crippen molar-refractivity contribution in [3.8, 4) is 0 Å². The average Bonchev–Trinajstić information content (AvgIpc) is 2.73. The lowest BCUT2D eigenvalue weighted by molar-refractivity contribution is -0.138. The Balaban J connectivity index is 2.26. The zero-order valence-electron chi connectivity index (χ0n) is 11.2. The summed E-state index contributed by atoms with van der Waals surface area (Å²) in [6.07, 6.45) is 3.79. The van der Waals surface area contributed by atoms with Gasteiger partial charge in [0, 0.05) is 19.5 Å². The first-order valence-corrected chi connectivity index (χ1v) is 6.68. The Morgan fingerprint density at radius 1 is 1.33 bits per heavy atom. The Morgan fingerprint density at radius 3 is 2.56 bits per heavy atom. The van der Waals surface area contributed by atoms with Crippen molar-refractivity contribution in [3.63, 3.8) is 0 Å². The van der Waals surface area contributed by atoms with Gasteiger partial charge in [-0.3, -0.25) is 9.59 Å². The van der Waals surface area contributed by atoms with Crippen LogP contribution in [0.2, 0.25) is 0 Å². The van der Waals surface area contributed by atoms with Crippen molar-refractivity contribution in [1.29, 1.82) is 0 Å². The van der Waals surface area contributed by atoms with Gasteiger partial charge < -0.3 is 14.7 Å². The predicted molar refractivity (Wildman–Crippen MR) is 67.3 cm³/mol. The molecule has 2 atom stereocenters. The molecule has 1 rings (SSSR count). The van der Waals surface area contributed by atoms with Crippen molar-refractivity contribution in [2.24, 2.45) is 0 Å². The lowest BCUT2D eigenvalue weighted by atomic mass is 10.1. The van der Waals surface area contributed by atoms with Gasteiger partial charge in [-0.1, -0.05) is 0 Å². The van der Waals surface area contributed by atoms with Gasteiger partial charge in [-0.25, -0.2) is 0 Å². The molecule has 1 aliphatic heterocycles. The normalized spacial score (nSPS) is 23.0. The van der Waals surface area contributed by atoms with Crippen LogP contribution in [0.3, 0.4) is 0 Å². The van der Waals surface area contributed by atoms with E-state index in [-0.39, 0.29) is 18.4 Å². The molecule has 0 radical (unpaired) electrons. The molecule has 0 aromatic heterocycles. The minimum absolute atomic E-state index is 0.0105. The van der Waals surface area contributed by atoms with Crippen molar-refractivity contribution in [2.45, 2.75) is 58.2 Å². The molecule has 5 heteroatoms. The fourth-order valence-electron chi connectivity index (χ4n) is 2.23. The number of carbonyl (C=O) groups excluding carboxylic acids is 1. The zero-order valence-corrected chi connectivity index (χ0v) is 11.2. The highest BCUT2D eigenvalue weighted by atomic mass is 16.5. The Morgan fingerprint density at radius 2 is 2.06 bits per heavy atom. The molecule has 1 fully saturated rings. The van der Waals surface area contributed by atoms with Crippen LogP contribution in [0.15, 0.2) is 0 Å². The lowest BCUT2D eigenvalue weighted by Crippen LogP contribution is -2.33. The summed E-state index contributed by atoms with van der Waals surface area (Å²) in [5.41, 5.74) is 0. The van der Waals surface area contributed by atoms with Crippen LogP contribution >= 0.6 is 0 Å². The lowest BCUT2D eigenvalue weighted by Gasteiger charge is -2.20. The van der Waals surface area contributed by atoms with E-state index in [1.807, 2.05) is 13.8 Å². The summed E-state index contributed by atoms with van der Waals surface area (Å²) in [5, 5.41) is 8.61. The van der Waals surface area contributed by atoms with E-state index in [0.717, 1.165) is 19.3 Å². The number of hydrogen-bond acceptors (Lipinski definition) is 3. The largest absolute Gasteiger partial charge is 0.481 e. The first-order valence-electron chi connectivity index (χ1n) is 6.68. The van der Waals surface area contributed by atoms with E-state index in [0.29, 0.717) is 25.6 Å². The molecule has 0 unspecified atom stereocenters. The summed E-state index contributed by atoms with van der Waals surface area (Å²) in [4.78, 5) is 24.0. The van der Waals surface area contributed by atoms with Crippen molar-refractivity contribution >= 4 is 11.9 Å². The van der Waals surface area contributed by atoms with Crippen molar-refractivity contribution in [3.05, 3.63) is 0 Å². The van der Waals surface area contributed by atoms with Crippen molar-refractivity contribution in [2.75, 3.05) is 13.1 Å². The molecule has 0 bridgehead atoms. The molecule has 1 N–H and O–H groups in total. The summed E-state index contributed by atoms with van der Waals surface area (Å²) in [6.45, 7) is 4.78. The van der Waals surface area contributed by atoms with E-state index >= 15 is 0 Å². The SMILES string of the molecule is CCN(CCC(=O)O)C(=O)CC[C@@H]1CC[C@H](C)O1. The highest BCUT2D eigenvalue weighted by molar-refractivity contribution is 5.77. The number of hydrogen-bond donors (Lipinski definition) is 1. The number of aliphatic carboxylic acids is 1. The van der Waals surface area contributed by atoms with Crippen LogP contribution in [-0.4, -0.2) is 47.2 Å². The van der Waals surface area contributed by atoms with Crippen LogP contribution in [0.5, 0.6) is 0 Å². The quantitative estimate of drug-likeness (QED) is 0.753. The van der Waals surface area contributed by atoms with Gasteiger partial charge in [-0.05, 0) is 33.1 Å². The molecular formula is C13H23NO4. The monoisotopic (exact) mass is 257 g/mol. The summed E-state index contributed by atoms with van der Waals surface area (Å²) >= 11 is 0. The zero-order chi connectivity index (χ0) is 13.5. The standard InChI is InChI=1S/C13H23NO4/c1-3-14(9-8-13(16)17)12(15)7-6-11-5-4-10(2)18-11/h10-11H,3-9H2,1-2H3,(H,16,17)/t10-,11-/m0/s1. The molecule has 0 spiro atoms. The van der Waals surface area contributed by atoms with Gasteiger partial charge in [0.15, 0.2) is 0 Å². The third-order valence-electron chi connectivity index (χ3n) is 3.33. The van der Waals surface area contributed by atoms with E-state index in [9.17, 15) is 9.59 Å². The molecule has 1 heterocycles. The van der Waals surface area contributed by atoms with Gasteiger partial charge in [0.2, 0.25) is 5.91 Å². The summed E-state index contributed by atoms with van der Waals surface area (Å²) in [5.74, 6) is -0.837. The van der Waals surface area contributed by atoms with Gasteiger partial charge >= 0.3 is 5.97 Å². The Kier molecular flexibility index (Phi) is 6.12. The maximum Gasteiger partial charge on any atom is 0.305 e. The summed E-state index contributed by atoms with van der Waals surface area (Å²) in [6, 6.07) is 0. The van der Waals surface area contributed by atoms with Crippen LogP contribution in [0.1, 0.15) is 46.0 Å². The van der Waals surface area contributed by atoms with E-state index in [2.05, 4.69) is 0 Å². The second-order valence-electron chi connectivity index (χ2n) is 4.80. The number of nitrogens with zero attached hydrogens (tertiary/aromatic N) is 1. The number of ether oxygens (including phenoxy) is 1.